The van der Waals surface area contributed by atoms with Gasteiger partial charge >= 0.3 is 0 Å². The van der Waals surface area contributed by atoms with E-state index >= 15 is 0 Å². The summed E-state index contributed by atoms with van der Waals surface area (Å²) in [6.45, 7) is 0. The van der Waals surface area contributed by atoms with Crippen molar-refractivity contribution in [2.24, 2.45) is 0 Å². The first-order valence-corrected chi connectivity index (χ1v) is 3.93. The van der Waals surface area contributed by atoms with Gasteiger partial charge in [-0.25, -0.2) is 9.97 Å². The molecule has 0 saturated heterocycles. The third kappa shape index (κ3) is 1.46. The van der Waals surface area contributed by atoms with Crippen LogP contribution in [0.5, 0.6) is 0 Å². The molecular weight excluding hydrogens is 190 g/mol. The van der Waals surface area contributed by atoms with Crippen LogP contribution in [0.4, 0.5) is 5.95 Å². The molecule has 0 aromatic carbocycles. The highest BCUT2D eigenvalue weighted by Gasteiger charge is 2.04. The molecule has 5 nitrogen and oxygen atoms in total. The Morgan fingerprint density at radius 1 is 1.38 bits per heavy atom. The van der Waals surface area contributed by atoms with E-state index in [0.717, 1.165) is 0 Å². The third-order valence-electron chi connectivity index (χ3n) is 1.47. The highest BCUT2D eigenvalue weighted by Crippen LogP contribution is 2.15. The normalized spacial score (nSPS) is 10.2. The Labute approximate surface area is 79.2 Å². The van der Waals surface area contributed by atoms with Crippen LogP contribution in [0.2, 0.25) is 5.02 Å². The third-order valence-corrected chi connectivity index (χ3v) is 1.76. The van der Waals surface area contributed by atoms with Crippen LogP contribution in [-0.4, -0.2) is 19.7 Å². The molecule has 2 N–H and O–H groups in total. The largest absolute Gasteiger partial charge is 0.366 e. The van der Waals surface area contributed by atoms with Gasteiger partial charge < -0.3 is 5.73 Å². The molecule has 0 bridgehead atoms. The number of rotatable bonds is 1. The average molecular weight is 196 g/mol. The number of nitrogen functional groups attached to an aromatic ring is 1. The SMILES string of the molecule is Nc1ncn(-c2ncccc2Cl)n1. The van der Waals surface area contributed by atoms with Crippen molar-refractivity contribution in [3.63, 3.8) is 0 Å². The van der Waals surface area contributed by atoms with E-state index in [2.05, 4.69) is 15.1 Å². The lowest BCUT2D eigenvalue weighted by molar-refractivity contribution is 0.849. The van der Waals surface area contributed by atoms with E-state index in [9.17, 15) is 0 Å². The van der Waals surface area contributed by atoms with Crippen LogP contribution >= 0.6 is 11.6 Å². The second-order valence-electron chi connectivity index (χ2n) is 2.36. The van der Waals surface area contributed by atoms with Crippen molar-refractivity contribution in [3.05, 3.63) is 29.7 Å². The summed E-state index contributed by atoms with van der Waals surface area (Å²) in [5, 5.41) is 4.39. The molecule has 2 heterocycles. The van der Waals surface area contributed by atoms with Crippen molar-refractivity contribution < 1.29 is 0 Å². The Morgan fingerprint density at radius 2 is 2.23 bits per heavy atom. The smallest absolute Gasteiger partial charge is 0.239 e. The molecule has 0 amide bonds. The number of pyridine rings is 1. The standard InChI is InChI=1S/C7H6ClN5/c8-5-2-1-3-10-6(5)13-4-11-7(9)12-13/h1-4H,(H2,9,12). The lowest BCUT2D eigenvalue weighted by Crippen LogP contribution is -1.99. The maximum Gasteiger partial charge on any atom is 0.239 e. The van der Waals surface area contributed by atoms with Crippen LogP contribution in [0.15, 0.2) is 24.7 Å². The highest BCUT2D eigenvalue weighted by atomic mass is 35.5. The van der Waals surface area contributed by atoms with E-state index in [1.807, 2.05) is 0 Å². The van der Waals surface area contributed by atoms with Gasteiger partial charge in [-0.05, 0) is 12.1 Å². The van der Waals surface area contributed by atoms with Crippen molar-refractivity contribution in [1.82, 2.24) is 19.7 Å². The quantitative estimate of drug-likeness (QED) is 0.734. The Balaban J connectivity index is 2.52. The molecule has 66 valence electrons. The number of halogens is 1. The van der Waals surface area contributed by atoms with Crippen LogP contribution < -0.4 is 5.73 Å². The van der Waals surface area contributed by atoms with Crippen LogP contribution in [0.1, 0.15) is 0 Å². The molecule has 0 spiro atoms. The summed E-state index contributed by atoms with van der Waals surface area (Å²) in [7, 11) is 0. The maximum atomic E-state index is 5.88. The number of anilines is 1. The number of aromatic nitrogens is 4. The zero-order valence-corrected chi connectivity index (χ0v) is 7.31. The predicted molar refractivity (Wildman–Crippen MR) is 48.6 cm³/mol. The molecule has 13 heavy (non-hydrogen) atoms. The molecule has 2 rings (SSSR count). The van der Waals surface area contributed by atoms with Gasteiger partial charge in [-0.3, -0.25) is 0 Å². The summed E-state index contributed by atoms with van der Waals surface area (Å²) in [4.78, 5) is 7.80. The fraction of sp³-hybridized carbons (Fsp3) is 0. The first kappa shape index (κ1) is 8.00. The van der Waals surface area contributed by atoms with Crippen molar-refractivity contribution in [2.45, 2.75) is 0 Å². The summed E-state index contributed by atoms with van der Waals surface area (Å²) < 4.78 is 1.43. The number of hydrogen-bond donors (Lipinski definition) is 1. The van der Waals surface area contributed by atoms with E-state index in [4.69, 9.17) is 17.3 Å². The maximum absolute atomic E-state index is 5.88. The van der Waals surface area contributed by atoms with Crippen molar-refractivity contribution in [3.8, 4) is 5.82 Å². The van der Waals surface area contributed by atoms with Gasteiger partial charge in [0.1, 0.15) is 6.33 Å². The number of hydrogen-bond acceptors (Lipinski definition) is 4. The fourth-order valence-electron chi connectivity index (χ4n) is 0.924. The van der Waals surface area contributed by atoms with Gasteiger partial charge in [0, 0.05) is 6.20 Å². The minimum atomic E-state index is 0.196. The number of nitrogens with zero attached hydrogens (tertiary/aromatic N) is 4. The Morgan fingerprint density at radius 3 is 2.85 bits per heavy atom. The van der Waals surface area contributed by atoms with Gasteiger partial charge in [0.2, 0.25) is 5.95 Å². The molecule has 0 atom stereocenters. The van der Waals surface area contributed by atoms with Crippen molar-refractivity contribution >= 4 is 17.5 Å². The Hall–Kier alpha value is -1.62. The molecular formula is C7H6ClN5. The summed E-state index contributed by atoms with van der Waals surface area (Å²) in [6, 6.07) is 3.47. The number of nitrogens with two attached hydrogens (primary N) is 1. The molecule has 2 aromatic heterocycles. The summed E-state index contributed by atoms with van der Waals surface area (Å²) >= 11 is 5.88. The first-order chi connectivity index (χ1) is 6.27. The molecule has 0 aliphatic heterocycles. The van der Waals surface area contributed by atoms with Gasteiger partial charge in [0.25, 0.3) is 0 Å². The van der Waals surface area contributed by atoms with Gasteiger partial charge in [-0.1, -0.05) is 11.6 Å². The minimum absolute atomic E-state index is 0.196. The second-order valence-corrected chi connectivity index (χ2v) is 2.76. The van der Waals surface area contributed by atoms with E-state index in [1.165, 1.54) is 11.0 Å². The fourth-order valence-corrected chi connectivity index (χ4v) is 1.13. The molecule has 0 unspecified atom stereocenters. The second kappa shape index (κ2) is 3.02. The summed E-state index contributed by atoms with van der Waals surface area (Å²) in [5.41, 5.74) is 5.35. The lowest BCUT2D eigenvalue weighted by atomic mass is 10.5. The van der Waals surface area contributed by atoms with Gasteiger partial charge in [-0.15, -0.1) is 5.10 Å². The summed E-state index contributed by atoms with van der Waals surface area (Å²) in [6.07, 6.45) is 3.09. The van der Waals surface area contributed by atoms with Crippen LogP contribution in [0, 0.1) is 0 Å². The first-order valence-electron chi connectivity index (χ1n) is 3.55. The molecule has 0 aliphatic rings. The Kier molecular flexibility index (Phi) is 1.86. The van der Waals surface area contributed by atoms with Gasteiger partial charge in [0.05, 0.1) is 5.02 Å². The van der Waals surface area contributed by atoms with E-state index in [-0.39, 0.29) is 5.95 Å². The lowest BCUT2D eigenvalue weighted by Gasteiger charge is -1.99. The van der Waals surface area contributed by atoms with Gasteiger partial charge in [-0.2, -0.15) is 4.68 Å². The van der Waals surface area contributed by atoms with Crippen LogP contribution in [-0.2, 0) is 0 Å². The zero-order valence-electron chi connectivity index (χ0n) is 6.55. The minimum Gasteiger partial charge on any atom is -0.366 e. The van der Waals surface area contributed by atoms with E-state index < -0.39 is 0 Å². The average Bonchev–Trinajstić information content (AvgIpc) is 2.53. The Bertz CT molecular complexity index is 424. The summed E-state index contributed by atoms with van der Waals surface area (Å²) in [5.74, 6) is 0.718. The highest BCUT2D eigenvalue weighted by molar-refractivity contribution is 6.32. The van der Waals surface area contributed by atoms with E-state index in [1.54, 1.807) is 18.3 Å². The predicted octanol–water partition coefficient (Wildman–Crippen LogP) is 0.898. The van der Waals surface area contributed by atoms with Crippen LogP contribution in [0.25, 0.3) is 5.82 Å². The van der Waals surface area contributed by atoms with E-state index in [0.29, 0.717) is 10.8 Å². The van der Waals surface area contributed by atoms with Crippen molar-refractivity contribution in [2.75, 3.05) is 5.73 Å². The molecule has 6 heteroatoms. The zero-order chi connectivity index (χ0) is 9.26. The molecule has 0 saturated carbocycles. The molecule has 0 aliphatic carbocycles. The van der Waals surface area contributed by atoms with Gasteiger partial charge in [0.15, 0.2) is 5.82 Å². The van der Waals surface area contributed by atoms with Crippen molar-refractivity contribution in [1.29, 1.82) is 0 Å². The topological polar surface area (TPSA) is 69.6 Å². The molecule has 2 aromatic rings. The van der Waals surface area contributed by atoms with Crippen LogP contribution in [0.3, 0.4) is 0 Å². The molecule has 0 radical (unpaired) electrons. The monoisotopic (exact) mass is 195 g/mol. The molecule has 0 fully saturated rings.